The molecular weight excluding hydrogens is 327 g/mol. The second-order valence-corrected chi connectivity index (χ2v) is 6.03. The van der Waals surface area contributed by atoms with Crippen molar-refractivity contribution in [3.63, 3.8) is 0 Å². The summed E-state index contributed by atoms with van der Waals surface area (Å²) in [4.78, 5) is 40.7. The molecule has 3 N–H and O–H groups in total. The molecule has 0 radical (unpaired) electrons. The zero-order valence-electron chi connectivity index (χ0n) is 12.7. The lowest BCUT2D eigenvalue weighted by atomic mass is 10.1. The molecule has 1 aliphatic rings. The molecule has 9 heteroatoms. The fraction of sp³-hybridized carbons (Fsp3) is 0.429. The zero-order valence-corrected chi connectivity index (χ0v) is 13.6. The molecule has 2 atom stereocenters. The lowest BCUT2D eigenvalue weighted by molar-refractivity contribution is -0.134. The van der Waals surface area contributed by atoms with E-state index in [4.69, 9.17) is 19.6 Å². The second-order valence-electron chi connectivity index (χ2n) is 4.84. The number of rotatable bonds is 8. The molecule has 0 aromatic carbocycles. The van der Waals surface area contributed by atoms with E-state index in [1.165, 1.54) is 13.0 Å². The smallest absolute Gasteiger partial charge is 0.469 e. The highest BCUT2D eigenvalue weighted by atomic mass is 31.2. The van der Waals surface area contributed by atoms with Crippen LogP contribution in [0.15, 0.2) is 35.6 Å². The third-order valence-corrected chi connectivity index (χ3v) is 3.46. The Hall–Kier alpha value is -1.73. The highest BCUT2D eigenvalue weighted by Gasteiger charge is 2.38. The van der Waals surface area contributed by atoms with Crippen LogP contribution < -0.4 is 0 Å². The molecule has 0 amide bonds. The highest BCUT2D eigenvalue weighted by molar-refractivity contribution is 7.46. The van der Waals surface area contributed by atoms with Gasteiger partial charge in [0.05, 0.1) is 6.10 Å². The van der Waals surface area contributed by atoms with Crippen LogP contribution in [-0.2, 0) is 23.4 Å². The van der Waals surface area contributed by atoms with Gasteiger partial charge in [-0.15, -0.1) is 0 Å². The average Bonchev–Trinajstić information content (AvgIpc) is 2.68. The fourth-order valence-corrected chi connectivity index (χ4v) is 2.50. The van der Waals surface area contributed by atoms with Gasteiger partial charge in [-0.1, -0.05) is 25.2 Å². The molecular formula is C14H19O8P. The van der Waals surface area contributed by atoms with Crippen molar-refractivity contribution in [1.29, 1.82) is 0 Å². The number of carbonyl (C=O) groups is 2. The molecule has 0 fully saturated rings. The van der Waals surface area contributed by atoms with Crippen LogP contribution in [0.5, 0.6) is 0 Å². The van der Waals surface area contributed by atoms with Crippen molar-refractivity contribution in [2.45, 2.75) is 38.9 Å². The number of allylic oxidation sites excluding steroid dienone is 3. The van der Waals surface area contributed by atoms with Crippen LogP contribution in [0.3, 0.4) is 0 Å². The quantitative estimate of drug-likeness (QED) is 0.344. The van der Waals surface area contributed by atoms with Crippen molar-refractivity contribution in [2.24, 2.45) is 0 Å². The molecule has 1 aliphatic heterocycles. The van der Waals surface area contributed by atoms with Gasteiger partial charge >= 0.3 is 13.8 Å². The molecule has 0 saturated carbocycles. The number of carbonyl (C=O) groups excluding carboxylic acids is 1. The van der Waals surface area contributed by atoms with E-state index in [2.05, 4.69) is 4.52 Å². The summed E-state index contributed by atoms with van der Waals surface area (Å²) in [7, 11) is -4.71. The molecule has 1 heterocycles. The number of hydrogen-bond acceptors (Lipinski definition) is 5. The minimum absolute atomic E-state index is 0.155. The number of aliphatic carboxylic acids is 1. The predicted octanol–water partition coefficient (Wildman–Crippen LogP) is 1.70. The molecule has 8 nitrogen and oxygen atoms in total. The van der Waals surface area contributed by atoms with Crippen LogP contribution in [0.1, 0.15) is 26.7 Å². The molecule has 128 valence electrons. The number of carboxylic acids is 1. The van der Waals surface area contributed by atoms with Gasteiger partial charge in [0.2, 0.25) is 5.78 Å². The van der Waals surface area contributed by atoms with E-state index in [0.29, 0.717) is 0 Å². The van der Waals surface area contributed by atoms with Crippen molar-refractivity contribution in [3.05, 3.63) is 35.6 Å². The van der Waals surface area contributed by atoms with E-state index < -0.39 is 37.4 Å². The van der Waals surface area contributed by atoms with Crippen LogP contribution in [0.2, 0.25) is 0 Å². The predicted molar refractivity (Wildman–Crippen MR) is 80.3 cm³/mol. The van der Waals surface area contributed by atoms with E-state index in [-0.39, 0.29) is 12.2 Å². The molecule has 0 spiro atoms. The Kier molecular flexibility index (Phi) is 6.90. The minimum atomic E-state index is -4.71. The van der Waals surface area contributed by atoms with Crippen LogP contribution in [0, 0.1) is 0 Å². The summed E-state index contributed by atoms with van der Waals surface area (Å²) in [5.74, 6) is -2.32. The van der Waals surface area contributed by atoms with Crippen LogP contribution >= 0.6 is 7.82 Å². The minimum Gasteiger partial charge on any atom is -0.481 e. The molecule has 23 heavy (non-hydrogen) atoms. The van der Waals surface area contributed by atoms with Gasteiger partial charge in [0, 0.05) is 6.42 Å². The Labute approximate surface area is 133 Å². The number of phosphoric acid groups is 1. The van der Waals surface area contributed by atoms with Gasteiger partial charge in [0.25, 0.3) is 0 Å². The average molecular weight is 346 g/mol. The maximum absolute atomic E-state index is 12.1. The van der Waals surface area contributed by atoms with Crippen LogP contribution in [0.25, 0.3) is 0 Å². The largest absolute Gasteiger partial charge is 0.481 e. The summed E-state index contributed by atoms with van der Waals surface area (Å²) in [6.45, 7) is 3.28. The number of ether oxygens (including phenoxy) is 1. The van der Waals surface area contributed by atoms with E-state index >= 15 is 0 Å². The van der Waals surface area contributed by atoms with Gasteiger partial charge in [-0.05, 0) is 19.4 Å². The summed E-state index contributed by atoms with van der Waals surface area (Å²) in [6.07, 6.45) is 5.02. The van der Waals surface area contributed by atoms with Crippen LogP contribution in [0.4, 0.5) is 0 Å². The summed E-state index contributed by atoms with van der Waals surface area (Å²) in [6, 6.07) is 0. The summed E-state index contributed by atoms with van der Waals surface area (Å²) < 4.78 is 20.5. The number of carboxylic acid groups (broad SMARTS) is 1. The fourth-order valence-electron chi connectivity index (χ4n) is 1.96. The van der Waals surface area contributed by atoms with E-state index in [9.17, 15) is 14.2 Å². The first-order valence-electron chi connectivity index (χ1n) is 6.90. The summed E-state index contributed by atoms with van der Waals surface area (Å²) in [5, 5.41) is 9.14. The molecule has 0 aromatic heterocycles. The molecule has 2 unspecified atom stereocenters. The standard InChI is InChI=1S/C14H19O8P/c1-3-4-5-6-7-10-13(15)12(14(16)17)11(21-10)8-9(2)22-23(18,19)20/h4-7,9-10H,3,8H2,1-2H3,(H,16,17)(H2,18,19,20)/b5-4+,7-6+. The lowest BCUT2D eigenvalue weighted by Gasteiger charge is -2.15. The van der Waals surface area contributed by atoms with Gasteiger partial charge in [-0.25, -0.2) is 9.36 Å². The molecule has 0 aliphatic carbocycles. The van der Waals surface area contributed by atoms with E-state index in [0.717, 1.165) is 6.42 Å². The topological polar surface area (TPSA) is 130 Å². The third-order valence-electron chi connectivity index (χ3n) is 2.83. The first-order valence-corrected chi connectivity index (χ1v) is 8.43. The van der Waals surface area contributed by atoms with Crippen molar-refractivity contribution in [1.82, 2.24) is 0 Å². The maximum Gasteiger partial charge on any atom is 0.469 e. The summed E-state index contributed by atoms with van der Waals surface area (Å²) in [5.41, 5.74) is -0.528. The van der Waals surface area contributed by atoms with Gasteiger partial charge in [-0.2, -0.15) is 0 Å². The summed E-state index contributed by atoms with van der Waals surface area (Å²) >= 11 is 0. The van der Waals surface area contributed by atoms with Gasteiger partial charge < -0.3 is 19.6 Å². The Morgan fingerprint density at radius 3 is 2.61 bits per heavy atom. The van der Waals surface area contributed by atoms with Crippen molar-refractivity contribution < 1.29 is 38.3 Å². The van der Waals surface area contributed by atoms with Crippen LogP contribution in [-0.4, -0.2) is 38.9 Å². The number of Topliss-reactive ketones (excluding diaryl/α,β-unsaturated/α-hetero) is 1. The molecule has 1 rings (SSSR count). The Morgan fingerprint density at radius 2 is 2.09 bits per heavy atom. The van der Waals surface area contributed by atoms with Crippen molar-refractivity contribution in [2.75, 3.05) is 0 Å². The van der Waals surface area contributed by atoms with Gasteiger partial charge in [0.15, 0.2) is 6.10 Å². The first-order chi connectivity index (χ1) is 10.7. The monoisotopic (exact) mass is 346 g/mol. The Balaban J connectivity index is 2.88. The highest BCUT2D eigenvalue weighted by Crippen LogP contribution is 2.39. The Morgan fingerprint density at radius 1 is 1.43 bits per heavy atom. The van der Waals surface area contributed by atoms with E-state index in [1.54, 1.807) is 12.2 Å². The van der Waals surface area contributed by atoms with E-state index in [1.807, 2.05) is 13.0 Å². The van der Waals surface area contributed by atoms with Crippen molar-refractivity contribution in [3.8, 4) is 0 Å². The first kappa shape index (κ1) is 19.3. The number of hydrogen-bond donors (Lipinski definition) is 3. The third kappa shape index (κ3) is 6.11. The van der Waals surface area contributed by atoms with Gasteiger partial charge in [0.1, 0.15) is 11.3 Å². The SMILES string of the molecule is CC/C=C/C=C/C1OC(CC(C)OP(=O)(O)O)=C(C(=O)O)C1=O. The van der Waals surface area contributed by atoms with Gasteiger partial charge in [-0.3, -0.25) is 9.32 Å². The molecule has 0 saturated heterocycles. The Bertz CT molecular complexity index is 598. The number of ketones is 1. The number of phosphoric ester groups is 1. The molecule has 0 aromatic rings. The maximum atomic E-state index is 12.1. The zero-order chi connectivity index (χ0) is 17.6. The second kappa shape index (κ2) is 8.21. The van der Waals surface area contributed by atoms with Crippen molar-refractivity contribution >= 4 is 19.6 Å². The molecule has 0 bridgehead atoms. The lowest BCUT2D eigenvalue weighted by Crippen LogP contribution is -2.18. The normalized spacial score (nSPS) is 20.5.